The van der Waals surface area contributed by atoms with Crippen LogP contribution in [0.25, 0.3) is 0 Å². The molecule has 9 heteroatoms. The van der Waals surface area contributed by atoms with E-state index in [1.165, 1.54) is 32.1 Å². The van der Waals surface area contributed by atoms with Crippen molar-refractivity contribution in [1.29, 1.82) is 0 Å². The summed E-state index contributed by atoms with van der Waals surface area (Å²) in [7, 11) is -3.25. The largest absolute Gasteiger partial charge is 0.378 e. The molecule has 0 amide bonds. The molecule has 0 atom stereocenters. The van der Waals surface area contributed by atoms with Gasteiger partial charge in [-0.1, -0.05) is 19.3 Å². The van der Waals surface area contributed by atoms with Crippen LogP contribution in [-0.2, 0) is 14.8 Å². The van der Waals surface area contributed by atoms with Gasteiger partial charge in [-0.2, -0.15) is 0 Å². The summed E-state index contributed by atoms with van der Waals surface area (Å²) in [6.07, 6.45) is 8.84. The Morgan fingerprint density at radius 1 is 1.19 bits per heavy atom. The molecule has 1 aliphatic carbocycles. The summed E-state index contributed by atoms with van der Waals surface area (Å²) < 4.78 is 31.3. The van der Waals surface area contributed by atoms with E-state index in [0.717, 1.165) is 32.4 Å². The first-order valence-corrected chi connectivity index (χ1v) is 11.2. The number of aliphatic imine (C=N–C) groups is 1. The standard InChI is InChI=1S/C17H36N4O3S.HI/c1-5-18-16(20-14-17(2,3)21-25(4,22)23)19-12-9-13-24-15-10-7-6-8-11-15;/h15,21H,5-14H2,1-4H3,(H2,18,19,20);1H. The minimum absolute atomic E-state index is 0. The molecular weight excluding hydrogens is 467 g/mol. The minimum Gasteiger partial charge on any atom is -0.378 e. The number of hydrogen-bond acceptors (Lipinski definition) is 4. The first kappa shape index (κ1) is 25.9. The molecule has 0 heterocycles. The molecule has 0 spiro atoms. The van der Waals surface area contributed by atoms with E-state index in [0.29, 0.717) is 18.6 Å². The van der Waals surface area contributed by atoms with Gasteiger partial charge in [0.25, 0.3) is 0 Å². The zero-order valence-electron chi connectivity index (χ0n) is 16.6. The van der Waals surface area contributed by atoms with Crippen LogP contribution in [0.5, 0.6) is 0 Å². The molecule has 0 aromatic carbocycles. The molecule has 0 radical (unpaired) electrons. The van der Waals surface area contributed by atoms with Gasteiger partial charge in [-0.15, -0.1) is 24.0 Å². The molecule has 0 aromatic rings. The van der Waals surface area contributed by atoms with E-state index in [9.17, 15) is 8.42 Å². The quantitative estimate of drug-likeness (QED) is 0.184. The fraction of sp³-hybridized carbons (Fsp3) is 0.941. The van der Waals surface area contributed by atoms with E-state index in [-0.39, 0.29) is 24.0 Å². The number of guanidine groups is 1. The van der Waals surface area contributed by atoms with Gasteiger partial charge in [-0.25, -0.2) is 13.1 Å². The van der Waals surface area contributed by atoms with Gasteiger partial charge < -0.3 is 15.4 Å². The maximum absolute atomic E-state index is 11.4. The minimum atomic E-state index is -3.25. The smallest absolute Gasteiger partial charge is 0.209 e. The average molecular weight is 504 g/mol. The molecule has 0 aliphatic heterocycles. The number of ether oxygens (including phenoxy) is 1. The molecule has 1 rings (SSSR count). The predicted octanol–water partition coefficient (Wildman–Crippen LogP) is 2.23. The lowest BCUT2D eigenvalue weighted by Crippen LogP contribution is -2.46. The first-order chi connectivity index (χ1) is 11.7. The van der Waals surface area contributed by atoms with Crippen LogP contribution in [-0.4, -0.2) is 58.5 Å². The zero-order valence-corrected chi connectivity index (χ0v) is 19.8. The highest BCUT2D eigenvalue weighted by atomic mass is 127. The molecule has 7 nitrogen and oxygen atoms in total. The van der Waals surface area contributed by atoms with Crippen LogP contribution in [0, 0.1) is 0 Å². The molecule has 1 aliphatic rings. The van der Waals surface area contributed by atoms with Crippen molar-refractivity contribution >= 4 is 40.0 Å². The van der Waals surface area contributed by atoms with E-state index in [4.69, 9.17) is 4.74 Å². The first-order valence-electron chi connectivity index (χ1n) is 9.34. The predicted molar refractivity (Wildman–Crippen MR) is 119 cm³/mol. The third-order valence-corrected chi connectivity index (χ3v) is 4.88. The third-order valence-electron chi connectivity index (χ3n) is 3.96. The Labute approximate surface area is 176 Å². The van der Waals surface area contributed by atoms with Crippen molar-refractivity contribution in [3.8, 4) is 0 Å². The van der Waals surface area contributed by atoms with Crippen LogP contribution in [0.2, 0.25) is 0 Å². The highest BCUT2D eigenvalue weighted by Crippen LogP contribution is 2.20. The van der Waals surface area contributed by atoms with Crippen LogP contribution < -0.4 is 15.4 Å². The molecule has 0 saturated heterocycles. The summed E-state index contributed by atoms with van der Waals surface area (Å²) in [4.78, 5) is 4.48. The number of halogens is 1. The fourth-order valence-electron chi connectivity index (χ4n) is 2.91. The Morgan fingerprint density at radius 2 is 1.85 bits per heavy atom. The number of sulfonamides is 1. The summed E-state index contributed by atoms with van der Waals surface area (Å²) in [6, 6.07) is 0. The lowest BCUT2D eigenvalue weighted by molar-refractivity contribution is 0.0277. The van der Waals surface area contributed by atoms with Crippen LogP contribution in [0.1, 0.15) is 59.3 Å². The molecule has 3 N–H and O–H groups in total. The SMILES string of the molecule is CCNC(=NCC(C)(C)NS(C)(=O)=O)NCCCOC1CCCCC1.I. The molecule has 0 bridgehead atoms. The summed E-state index contributed by atoms with van der Waals surface area (Å²) in [6.45, 7) is 8.29. The van der Waals surface area contributed by atoms with Crippen molar-refractivity contribution in [2.75, 3.05) is 32.5 Å². The van der Waals surface area contributed by atoms with Crippen molar-refractivity contribution in [1.82, 2.24) is 15.4 Å². The molecule has 1 fully saturated rings. The lowest BCUT2D eigenvalue weighted by atomic mass is 9.98. The zero-order chi connectivity index (χ0) is 18.8. The Hall–Kier alpha value is -0.130. The van der Waals surface area contributed by atoms with Gasteiger partial charge in [0.05, 0.1) is 18.9 Å². The van der Waals surface area contributed by atoms with Crippen LogP contribution in [0.4, 0.5) is 0 Å². The summed E-state index contributed by atoms with van der Waals surface area (Å²) in [5.41, 5.74) is -0.625. The normalized spacial score (nSPS) is 16.8. The number of rotatable bonds is 10. The van der Waals surface area contributed by atoms with E-state index in [1.807, 2.05) is 20.8 Å². The maximum atomic E-state index is 11.4. The van der Waals surface area contributed by atoms with Crippen molar-refractivity contribution in [2.24, 2.45) is 4.99 Å². The van der Waals surface area contributed by atoms with E-state index < -0.39 is 15.6 Å². The average Bonchev–Trinajstić information content (AvgIpc) is 2.51. The second kappa shape index (κ2) is 13.1. The van der Waals surface area contributed by atoms with Crippen molar-refractivity contribution < 1.29 is 13.2 Å². The van der Waals surface area contributed by atoms with E-state index in [1.54, 1.807) is 0 Å². The lowest BCUT2D eigenvalue weighted by Gasteiger charge is -2.23. The van der Waals surface area contributed by atoms with Crippen molar-refractivity contribution in [3.63, 3.8) is 0 Å². The Morgan fingerprint density at radius 3 is 2.42 bits per heavy atom. The van der Waals surface area contributed by atoms with Crippen LogP contribution in [0.3, 0.4) is 0 Å². The van der Waals surface area contributed by atoms with Crippen molar-refractivity contribution in [2.45, 2.75) is 70.9 Å². The summed E-state index contributed by atoms with van der Waals surface area (Å²) in [5, 5.41) is 6.45. The molecule has 156 valence electrons. The summed E-state index contributed by atoms with van der Waals surface area (Å²) in [5.74, 6) is 0.698. The van der Waals surface area contributed by atoms with Crippen LogP contribution >= 0.6 is 24.0 Å². The summed E-state index contributed by atoms with van der Waals surface area (Å²) >= 11 is 0. The van der Waals surface area contributed by atoms with Crippen LogP contribution in [0.15, 0.2) is 4.99 Å². The van der Waals surface area contributed by atoms with Gasteiger partial charge in [0, 0.05) is 25.2 Å². The number of nitrogens with one attached hydrogen (secondary N) is 3. The molecular formula is C17H37IN4O3S. The maximum Gasteiger partial charge on any atom is 0.209 e. The number of nitrogens with zero attached hydrogens (tertiary/aromatic N) is 1. The second-order valence-corrected chi connectivity index (χ2v) is 9.11. The molecule has 1 saturated carbocycles. The van der Waals surface area contributed by atoms with Crippen molar-refractivity contribution in [3.05, 3.63) is 0 Å². The van der Waals surface area contributed by atoms with E-state index in [2.05, 4.69) is 20.3 Å². The molecule has 26 heavy (non-hydrogen) atoms. The monoisotopic (exact) mass is 504 g/mol. The molecule has 0 aromatic heterocycles. The van der Waals surface area contributed by atoms with Gasteiger partial charge in [0.2, 0.25) is 10.0 Å². The Balaban J connectivity index is 0.00000625. The highest BCUT2D eigenvalue weighted by Gasteiger charge is 2.21. The Bertz CT molecular complexity index is 506. The van der Waals surface area contributed by atoms with Gasteiger partial charge in [0.15, 0.2) is 5.96 Å². The molecule has 0 unspecified atom stereocenters. The van der Waals surface area contributed by atoms with Gasteiger partial charge >= 0.3 is 0 Å². The third kappa shape index (κ3) is 13.1. The van der Waals surface area contributed by atoms with Gasteiger partial charge in [-0.3, -0.25) is 4.99 Å². The fourth-order valence-corrected chi connectivity index (χ4v) is 3.98. The highest BCUT2D eigenvalue weighted by molar-refractivity contribution is 14.0. The van der Waals surface area contributed by atoms with Gasteiger partial charge in [0.1, 0.15) is 0 Å². The van der Waals surface area contributed by atoms with E-state index >= 15 is 0 Å². The van der Waals surface area contributed by atoms with Gasteiger partial charge in [-0.05, 0) is 40.0 Å². The second-order valence-electron chi connectivity index (χ2n) is 7.36. The topological polar surface area (TPSA) is 91.8 Å². The number of hydrogen-bond donors (Lipinski definition) is 3. The Kier molecular flexibility index (Phi) is 13.0.